The molecule has 76 valence electrons. The fourth-order valence-corrected chi connectivity index (χ4v) is 1.47. The summed E-state index contributed by atoms with van der Waals surface area (Å²) in [5, 5.41) is 0.277. The van der Waals surface area contributed by atoms with E-state index in [1.807, 2.05) is 6.61 Å². The van der Waals surface area contributed by atoms with Crippen LogP contribution < -0.4 is 18.9 Å². The van der Waals surface area contributed by atoms with E-state index in [2.05, 4.69) is 39.8 Å². The zero-order valence-corrected chi connectivity index (χ0v) is 11.5. The summed E-state index contributed by atoms with van der Waals surface area (Å²) in [6.45, 7) is 13.0. The van der Waals surface area contributed by atoms with E-state index < -0.39 is 8.32 Å². The first-order valence-electron chi connectivity index (χ1n) is 4.74. The summed E-state index contributed by atoms with van der Waals surface area (Å²) in [5.74, 6) is 2.60. The van der Waals surface area contributed by atoms with Gasteiger partial charge in [0.2, 0.25) is 0 Å². The zero-order chi connectivity index (χ0) is 10.5. The molecule has 0 rings (SSSR count). The van der Waals surface area contributed by atoms with Crippen molar-refractivity contribution < 1.29 is 23.3 Å². The standard InChI is InChI=1S/C11H21OSi.Li/c1-7-8-9-10-12-13(5,6)11(2,3)4;/h1,10H,8-9H2,2-6H3;/q-1;+1. The molecular formula is C11H21LiOSi. The Morgan fingerprint density at radius 1 is 1.36 bits per heavy atom. The van der Waals surface area contributed by atoms with Gasteiger partial charge in [-0.1, -0.05) is 20.8 Å². The predicted molar refractivity (Wildman–Crippen MR) is 60.6 cm³/mol. The van der Waals surface area contributed by atoms with Gasteiger partial charge >= 0.3 is 18.9 Å². The van der Waals surface area contributed by atoms with Gasteiger partial charge in [0.1, 0.15) is 0 Å². The van der Waals surface area contributed by atoms with Crippen LogP contribution in [-0.2, 0) is 4.43 Å². The second-order valence-electron chi connectivity index (χ2n) is 4.79. The van der Waals surface area contributed by atoms with Crippen LogP contribution in [-0.4, -0.2) is 8.32 Å². The van der Waals surface area contributed by atoms with Gasteiger partial charge in [-0.05, 0) is 24.6 Å². The largest absolute Gasteiger partial charge is 1.00 e. The molecule has 0 atom stereocenters. The van der Waals surface area contributed by atoms with Crippen molar-refractivity contribution in [1.82, 2.24) is 0 Å². The van der Waals surface area contributed by atoms with Gasteiger partial charge in [0.15, 0.2) is 8.32 Å². The second kappa shape index (κ2) is 6.75. The van der Waals surface area contributed by atoms with Crippen molar-refractivity contribution in [3.63, 3.8) is 0 Å². The molecule has 0 fully saturated rings. The maximum Gasteiger partial charge on any atom is 1.00 e. The van der Waals surface area contributed by atoms with E-state index in [0.29, 0.717) is 0 Å². The molecule has 0 aromatic carbocycles. The van der Waals surface area contributed by atoms with E-state index in [1.54, 1.807) is 0 Å². The van der Waals surface area contributed by atoms with E-state index in [1.165, 1.54) is 0 Å². The average molecular weight is 204 g/mol. The van der Waals surface area contributed by atoms with Crippen LogP contribution in [0.3, 0.4) is 0 Å². The predicted octanol–water partition coefficient (Wildman–Crippen LogP) is 0.587. The molecule has 0 unspecified atom stereocenters. The SMILES string of the molecule is C#CCC[CH-]O[Si](C)(C)C(C)(C)C.[Li+]. The number of terminal acetylenes is 1. The topological polar surface area (TPSA) is 9.23 Å². The molecule has 0 bridgehead atoms. The van der Waals surface area contributed by atoms with Gasteiger partial charge in [0.05, 0.1) is 0 Å². The smallest absolute Gasteiger partial charge is 0.592 e. The summed E-state index contributed by atoms with van der Waals surface area (Å²) in [6.07, 6.45) is 6.79. The first-order chi connectivity index (χ1) is 5.81. The summed E-state index contributed by atoms with van der Waals surface area (Å²) >= 11 is 0. The van der Waals surface area contributed by atoms with Crippen LogP contribution in [0, 0.1) is 19.0 Å². The Morgan fingerprint density at radius 3 is 2.21 bits per heavy atom. The maximum absolute atomic E-state index is 5.81. The Morgan fingerprint density at radius 2 is 1.86 bits per heavy atom. The van der Waals surface area contributed by atoms with Gasteiger partial charge in [-0.15, -0.1) is 18.8 Å². The van der Waals surface area contributed by atoms with Gasteiger partial charge in [0, 0.05) is 0 Å². The van der Waals surface area contributed by atoms with Crippen molar-refractivity contribution in [3.8, 4) is 12.3 Å². The van der Waals surface area contributed by atoms with Gasteiger partial charge in [0.25, 0.3) is 0 Å². The molecule has 0 N–H and O–H groups in total. The second-order valence-corrected chi connectivity index (χ2v) is 9.54. The van der Waals surface area contributed by atoms with E-state index in [4.69, 9.17) is 10.8 Å². The van der Waals surface area contributed by atoms with Gasteiger partial charge in [-0.2, -0.15) is 0 Å². The van der Waals surface area contributed by atoms with Crippen LogP contribution in [0.4, 0.5) is 0 Å². The third kappa shape index (κ3) is 5.94. The number of hydrogen-bond donors (Lipinski definition) is 0. The molecule has 0 amide bonds. The molecular weight excluding hydrogens is 183 g/mol. The van der Waals surface area contributed by atoms with E-state index in [-0.39, 0.29) is 23.9 Å². The van der Waals surface area contributed by atoms with Crippen LogP contribution in [0.15, 0.2) is 0 Å². The van der Waals surface area contributed by atoms with Crippen LogP contribution in [0.5, 0.6) is 0 Å². The minimum atomic E-state index is -1.58. The molecule has 3 heteroatoms. The Labute approximate surface area is 102 Å². The van der Waals surface area contributed by atoms with Crippen molar-refractivity contribution in [2.24, 2.45) is 0 Å². The van der Waals surface area contributed by atoms with Crippen LogP contribution in [0.2, 0.25) is 18.1 Å². The Hall–Kier alpha value is 0.334. The summed E-state index contributed by atoms with van der Waals surface area (Å²) in [4.78, 5) is 0. The van der Waals surface area contributed by atoms with Crippen molar-refractivity contribution in [2.45, 2.75) is 51.7 Å². The van der Waals surface area contributed by atoms with Crippen LogP contribution >= 0.6 is 0 Å². The molecule has 0 saturated heterocycles. The number of rotatable bonds is 4. The third-order valence-electron chi connectivity index (χ3n) is 2.59. The molecule has 0 saturated carbocycles. The van der Waals surface area contributed by atoms with Gasteiger partial charge in [-0.3, -0.25) is 0 Å². The van der Waals surface area contributed by atoms with Gasteiger partial charge < -0.3 is 4.43 Å². The van der Waals surface area contributed by atoms with Crippen LogP contribution in [0.1, 0.15) is 33.6 Å². The minimum Gasteiger partial charge on any atom is -0.592 e. The summed E-state index contributed by atoms with van der Waals surface area (Å²) in [5.41, 5.74) is 0. The Bertz CT molecular complexity index is 188. The molecule has 0 heterocycles. The minimum absolute atomic E-state index is 0. The molecule has 0 aromatic heterocycles. The fourth-order valence-electron chi connectivity index (χ4n) is 0.586. The van der Waals surface area contributed by atoms with Crippen molar-refractivity contribution in [3.05, 3.63) is 6.61 Å². The first kappa shape index (κ1) is 16.8. The molecule has 0 aliphatic carbocycles. The summed E-state index contributed by atoms with van der Waals surface area (Å²) in [6, 6.07) is 0. The monoisotopic (exact) mass is 204 g/mol. The van der Waals surface area contributed by atoms with E-state index in [0.717, 1.165) is 12.8 Å². The van der Waals surface area contributed by atoms with Crippen molar-refractivity contribution in [2.75, 3.05) is 0 Å². The molecule has 0 radical (unpaired) electrons. The summed E-state index contributed by atoms with van der Waals surface area (Å²) < 4.78 is 5.81. The molecule has 1 nitrogen and oxygen atoms in total. The maximum atomic E-state index is 5.81. The first-order valence-corrected chi connectivity index (χ1v) is 7.65. The third-order valence-corrected chi connectivity index (χ3v) is 6.96. The van der Waals surface area contributed by atoms with E-state index in [9.17, 15) is 0 Å². The number of unbranched alkanes of at least 4 members (excludes halogenated alkanes) is 1. The van der Waals surface area contributed by atoms with Crippen molar-refractivity contribution >= 4 is 8.32 Å². The molecule has 0 aliphatic rings. The van der Waals surface area contributed by atoms with E-state index >= 15 is 0 Å². The molecule has 0 aliphatic heterocycles. The summed E-state index contributed by atoms with van der Waals surface area (Å²) in [7, 11) is -1.58. The molecule has 0 spiro atoms. The Kier molecular flexibility index (Phi) is 8.08. The van der Waals surface area contributed by atoms with Crippen molar-refractivity contribution in [1.29, 1.82) is 0 Å². The fraction of sp³-hybridized carbons (Fsp3) is 0.727. The van der Waals surface area contributed by atoms with Crippen LogP contribution in [0.25, 0.3) is 0 Å². The average Bonchev–Trinajstić information content (AvgIpc) is 1.96. The number of hydrogen-bond acceptors (Lipinski definition) is 1. The Balaban J connectivity index is 0. The molecule has 0 aromatic rings. The normalized spacial score (nSPS) is 11.7. The van der Waals surface area contributed by atoms with Gasteiger partial charge in [-0.25, -0.2) is 6.61 Å². The zero-order valence-electron chi connectivity index (χ0n) is 10.5. The quantitative estimate of drug-likeness (QED) is 0.282. The molecule has 14 heavy (non-hydrogen) atoms.